The van der Waals surface area contributed by atoms with E-state index in [0.29, 0.717) is 13.0 Å². The molecule has 1 unspecified atom stereocenters. The van der Waals surface area contributed by atoms with E-state index >= 15 is 0 Å². The summed E-state index contributed by atoms with van der Waals surface area (Å²) in [7, 11) is 0. The predicted octanol–water partition coefficient (Wildman–Crippen LogP) is 1.21. The summed E-state index contributed by atoms with van der Waals surface area (Å²) in [6, 6.07) is 6.42. The molecule has 7 heteroatoms. The number of oxime groups is 1. The van der Waals surface area contributed by atoms with Gasteiger partial charge in [0.15, 0.2) is 0 Å². The quantitative estimate of drug-likeness (QED) is 0.231. The summed E-state index contributed by atoms with van der Waals surface area (Å²) in [6.07, 6.45) is 0.408. The minimum atomic E-state index is -0.427. The van der Waals surface area contributed by atoms with Crippen LogP contribution in [0.1, 0.15) is 18.9 Å². The van der Waals surface area contributed by atoms with E-state index in [9.17, 15) is 10.1 Å². The first kappa shape index (κ1) is 13.9. The van der Waals surface area contributed by atoms with E-state index in [1.165, 1.54) is 12.1 Å². The molecule has 1 aromatic rings. The van der Waals surface area contributed by atoms with Crippen LogP contribution in [0.3, 0.4) is 0 Å². The van der Waals surface area contributed by atoms with Crippen LogP contribution in [0.4, 0.5) is 5.69 Å². The summed E-state index contributed by atoms with van der Waals surface area (Å²) in [5, 5.41) is 25.0. The molecule has 18 heavy (non-hydrogen) atoms. The molecular weight excluding hydrogens is 236 g/mol. The first-order valence-corrected chi connectivity index (χ1v) is 5.46. The molecule has 1 atom stereocenters. The molecule has 7 nitrogen and oxygen atoms in total. The van der Waals surface area contributed by atoms with Gasteiger partial charge in [-0.25, -0.2) is 0 Å². The Balaban J connectivity index is 2.53. The second kappa shape index (κ2) is 6.55. The maximum Gasteiger partial charge on any atom is 0.269 e. The number of amidine groups is 1. The highest BCUT2D eigenvalue weighted by Crippen LogP contribution is 2.13. The van der Waals surface area contributed by atoms with E-state index in [0.717, 1.165) is 5.56 Å². The fourth-order valence-electron chi connectivity index (χ4n) is 1.50. The standard InChI is InChI=1S/C11H16N4O3/c1-8(5-11(12)14-16)13-7-9-3-2-4-10(6-9)15(17)18/h2-4,6,8,13,16H,5,7H2,1H3,(H2,12,14). The molecule has 0 amide bonds. The van der Waals surface area contributed by atoms with Crippen molar-refractivity contribution in [3.63, 3.8) is 0 Å². The number of hydrogen-bond donors (Lipinski definition) is 3. The number of hydrogen-bond acceptors (Lipinski definition) is 5. The normalized spacial score (nSPS) is 13.3. The van der Waals surface area contributed by atoms with Gasteiger partial charge in [-0.1, -0.05) is 17.3 Å². The minimum Gasteiger partial charge on any atom is -0.409 e. The Labute approximate surface area is 104 Å². The number of non-ortho nitro benzene ring substituents is 1. The monoisotopic (exact) mass is 252 g/mol. The van der Waals surface area contributed by atoms with Crippen LogP contribution in [-0.4, -0.2) is 22.0 Å². The van der Waals surface area contributed by atoms with Gasteiger partial charge in [-0.3, -0.25) is 10.1 Å². The van der Waals surface area contributed by atoms with E-state index in [2.05, 4.69) is 10.5 Å². The van der Waals surface area contributed by atoms with Crippen LogP contribution >= 0.6 is 0 Å². The number of nitrogens with one attached hydrogen (secondary N) is 1. The SMILES string of the molecule is CC(CC(N)=NO)NCc1cccc([N+](=O)[O-])c1. The first-order valence-electron chi connectivity index (χ1n) is 5.46. The van der Waals surface area contributed by atoms with Gasteiger partial charge in [0.05, 0.1) is 4.92 Å². The van der Waals surface area contributed by atoms with Crippen molar-refractivity contribution >= 4 is 11.5 Å². The van der Waals surface area contributed by atoms with E-state index in [-0.39, 0.29) is 17.6 Å². The lowest BCUT2D eigenvalue weighted by molar-refractivity contribution is -0.384. The summed E-state index contributed by atoms with van der Waals surface area (Å²) < 4.78 is 0. The van der Waals surface area contributed by atoms with Crippen molar-refractivity contribution in [2.24, 2.45) is 10.9 Å². The van der Waals surface area contributed by atoms with E-state index in [1.807, 2.05) is 6.92 Å². The maximum atomic E-state index is 10.6. The molecule has 1 rings (SSSR count). The van der Waals surface area contributed by atoms with Gasteiger partial charge >= 0.3 is 0 Å². The van der Waals surface area contributed by atoms with E-state index in [4.69, 9.17) is 10.9 Å². The van der Waals surface area contributed by atoms with Gasteiger partial charge < -0.3 is 16.3 Å². The average molecular weight is 252 g/mol. The van der Waals surface area contributed by atoms with Crippen LogP contribution in [0.5, 0.6) is 0 Å². The molecule has 0 fully saturated rings. The largest absolute Gasteiger partial charge is 0.409 e. The van der Waals surface area contributed by atoms with Crippen LogP contribution in [0.2, 0.25) is 0 Å². The zero-order chi connectivity index (χ0) is 13.5. The molecule has 1 aromatic carbocycles. The molecule has 4 N–H and O–H groups in total. The van der Waals surface area contributed by atoms with Gasteiger partial charge in [-0.15, -0.1) is 0 Å². The highest BCUT2D eigenvalue weighted by atomic mass is 16.6. The van der Waals surface area contributed by atoms with Crippen LogP contribution in [0.25, 0.3) is 0 Å². The second-order valence-electron chi connectivity index (χ2n) is 4.00. The minimum absolute atomic E-state index is 0.0140. The Morgan fingerprint density at radius 3 is 3.00 bits per heavy atom. The van der Waals surface area contributed by atoms with Gasteiger partial charge in [-0.05, 0) is 12.5 Å². The average Bonchev–Trinajstić information content (AvgIpc) is 2.36. The van der Waals surface area contributed by atoms with Crippen molar-refractivity contribution in [1.29, 1.82) is 0 Å². The molecule has 0 aliphatic heterocycles. The molecule has 0 bridgehead atoms. The number of nitro benzene ring substituents is 1. The molecule has 98 valence electrons. The maximum absolute atomic E-state index is 10.6. The molecule has 0 aliphatic rings. The third-order valence-electron chi connectivity index (χ3n) is 2.42. The Morgan fingerprint density at radius 1 is 1.67 bits per heavy atom. The smallest absolute Gasteiger partial charge is 0.269 e. The van der Waals surface area contributed by atoms with Crippen LogP contribution in [-0.2, 0) is 6.54 Å². The summed E-state index contributed by atoms with van der Waals surface area (Å²) in [5.74, 6) is 0.147. The Morgan fingerprint density at radius 2 is 2.39 bits per heavy atom. The molecule has 0 aromatic heterocycles. The van der Waals surface area contributed by atoms with Gasteiger partial charge in [0.1, 0.15) is 5.84 Å². The Bertz CT molecular complexity index is 448. The number of nitrogens with zero attached hydrogens (tertiary/aromatic N) is 2. The second-order valence-corrected chi connectivity index (χ2v) is 4.00. The Kier molecular flexibility index (Phi) is 5.06. The lowest BCUT2D eigenvalue weighted by Gasteiger charge is -2.12. The highest BCUT2D eigenvalue weighted by Gasteiger charge is 2.07. The highest BCUT2D eigenvalue weighted by molar-refractivity contribution is 5.80. The summed E-state index contributed by atoms with van der Waals surface area (Å²) in [5.41, 5.74) is 6.26. The molecular formula is C11H16N4O3. The number of nitrogens with two attached hydrogens (primary N) is 1. The Hall–Kier alpha value is -2.15. The summed E-state index contributed by atoms with van der Waals surface area (Å²) in [6.45, 7) is 2.37. The van der Waals surface area contributed by atoms with Crippen molar-refractivity contribution in [2.45, 2.75) is 25.9 Å². The molecule has 0 saturated carbocycles. The lowest BCUT2D eigenvalue weighted by Crippen LogP contribution is -2.30. The molecule has 0 spiro atoms. The fraction of sp³-hybridized carbons (Fsp3) is 0.364. The van der Waals surface area contributed by atoms with Crippen molar-refractivity contribution in [3.05, 3.63) is 39.9 Å². The van der Waals surface area contributed by atoms with Crippen molar-refractivity contribution < 1.29 is 10.1 Å². The molecule has 0 saturated heterocycles. The summed E-state index contributed by atoms with van der Waals surface area (Å²) in [4.78, 5) is 10.2. The van der Waals surface area contributed by atoms with Crippen LogP contribution < -0.4 is 11.1 Å². The number of rotatable bonds is 6. The van der Waals surface area contributed by atoms with Crippen molar-refractivity contribution in [3.8, 4) is 0 Å². The van der Waals surface area contributed by atoms with Gasteiger partial charge in [0, 0.05) is 31.1 Å². The topological polar surface area (TPSA) is 114 Å². The third kappa shape index (κ3) is 4.38. The third-order valence-corrected chi connectivity index (χ3v) is 2.42. The van der Waals surface area contributed by atoms with Gasteiger partial charge in [0.2, 0.25) is 0 Å². The number of benzene rings is 1. The molecule has 0 radical (unpaired) electrons. The predicted molar refractivity (Wildman–Crippen MR) is 67.4 cm³/mol. The first-order chi connectivity index (χ1) is 8.52. The van der Waals surface area contributed by atoms with Crippen molar-refractivity contribution in [1.82, 2.24) is 5.32 Å². The van der Waals surface area contributed by atoms with Crippen LogP contribution in [0, 0.1) is 10.1 Å². The van der Waals surface area contributed by atoms with Crippen LogP contribution in [0.15, 0.2) is 29.4 Å². The van der Waals surface area contributed by atoms with Crippen molar-refractivity contribution in [2.75, 3.05) is 0 Å². The number of nitro groups is 1. The summed E-state index contributed by atoms with van der Waals surface area (Å²) >= 11 is 0. The van der Waals surface area contributed by atoms with E-state index < -0.39 is 4.92 Å². The zero-order valence-electron chi connectivity index (χ0n) is 10.0. The van der Waals surface area contributed by atoms with Gasteiger partial charge in [-0.2, -0.15) is 0 Å². The fourth-order valence-corrected chi connectivity index (χ4v) is 1.50. The zero-order valence-corrected chi connectivity index (χ0v) is 10.0. The lowest BCUT2D eigenvalue weighted by atomic mass is 10.1. The molecule has 0 heterocycles. The molecule has 0 aliphatic carbocycles. The van der Waals surface area contributed by atoms with E-state index in [1.54, 1.807) is 12.1 Å². The van der Waals surface area contributed by atoms with Gasteiger partial charge in [0.25, 0.3) is 5.69 Å².